The Morgan fingerprint density at radius 3 is 2.66 bits per heavy atom. The van der Waals surface area contributed by atoms with Crippen LogP contribution in [0.15, 0.2) is 41.0 Å². The van der Waals surface area contributed by atoms with Crippen molar-refractivity contribution < 1.29 is 22.1 Å². The molecule has 0 amide bonds. The standard InChI is InChI=1S/C19H19F3N4O2S/c1-11-5-13(26-29(2)27)7-16-18(11)19(24-10-23-16)25-15-4-3-12(22)6-17(15)28-14(8-20)9-21/h3-7,10,14,29H,8-9H2,1-2H3,(H,23,24,25). The Labute approximate surface area is 167 Å². The number of nitrogens with zero attached hydrogens (tertiary/aromatic N) is 3. The predicted octanol–water partition coefficient (Wildman–Crippen LogP) is 4.43. The molecule has 1 aromatic heterocycles. The van der Waals surface area contributed by atoms with Gasteiger partial charge in [0.2, 0.25) is 0 Å². The summed E-state index contributed by atoms with van der Waals surface area (Å²) in [7, 11) is -1.71. The highest BCUT2D eigenvalue weighted by Crippen LogP contribution is 2.34. The number of alkyl halides is 2. The number of halogens is 3. The van der Waals surface area contributed by atoms with Gasteiger partial charge in [0.1, 0.15) is 37.1 Å². The third kappa shape index (κ3) is 4.94. The average molecular weight is 424 g/mol. The van der Waals surface area contributed by atoms with E-state index in [1.807, 2.05) is 6.92 Å². The topological polar surface area (TPSA) is 76.5 Å². The average Bonchev–Trinajstić information content (AvgIpc) is 2.67. The lowest BCUT2D eigenvalue weighted by molar-refractivity contribution is 0.134. The number of thiol groups is 1. The summed E-state index contributed by atoms with van der Waals surface area (Å²) in [6.45, 7) is -0.273. The number of hydrogen-bond donors (Lipinski definition) is 2. The number of anilines is 2. The Kier molecular flexibility index (Phi) is 6.53. The fourth-order valence-electron chi connectivity index (χ4n) is 2.80. The first kappa shape index (κ1) is 20.8. The third-order valence-electron chi connectivity index (χ3n) is 4.01. The van der Waals surface area contributed by atoms with Gasteiger partial charge in [0.15, 0.2) is 6.10 Å². The maximum atomic E-state index is 13.7. The molecule has 154 valence electrons. The van der Waals surface area contributed by atoms with Crippen molar-refractivity contribution in [2.24, 2.45) is 4.36 Å². The lowest BCUT2D eigenvalue weighted by Crippen LogP contribution is -2.21. The van der Waals surface area contributed by atoms with Gasteiger partial charge in [-0.1, -0.05) is 0 Å². The summed E-state index contributed by atoms with van der Waals surface area (Å²) in [6, 6.07) is 7.06. The van der Waals surface area contributed by atoms with Crippen LogP contribution >= 0.6 is 0 Å². The quantitative estimate of drug-likeness (QED) is 0.549. The van der Waals surface area contributed by atoms with Crippen molar-refractivity contribution in [1.82, 2.24) is 9.97 Å². The second-order valence-corrected chi connectivity index (χ2v) is 7.39. The lowest BCUT2D eigenvalue weighted by Gasteiger charge is -2.18. The molecular weight excluding hydrogens is 405 g/mol. The minimum absolute atomic E-state index is 0.0377. The SMILES string of the molecule is Cc1cc(/N=[SH](/C)=O)cc2ncnc(Nc3ccc(F)cc3OC(CF)CF)c12. The summed E-state index contributed by atoms with van der Waals surface area (Å²) in [5.74, 6) is -0.247. The molecule has 1 atom stereocenters. The molecule has 29 heavy (non-hydrogen) atoms. The number of aryl methyl sites for hydroxylation is 1. The molecule has 2 aromatic carbocycles. The van der Waals surface area contributed by atoms with Crippen molar-refractivity contribution in [3.05, 3.63) is 48.0 Å². The first-order valence-corrected chi connectivity index (χ1v) is 10.3. The molecular formula is C19H19F3N4O2S. The third-order valence-corrected chi connectivity index (χ3v) is 4.52. The van der Waals surface area contributed by atoms with Gasteiger partial charge in [-0.3, -0.25) is 4.21 Å². The summed E-state index contributed by atoms with van der Waals surface area (Å²) in [4.78, 5) is 8.46. The van der Waals surface area contributed by atoms with Gasteiger partial charge in [0, 0.05) is 28.3 Å². The zero-order valence-electron chi connectivity index (χ0n) is 15.7. The number of benzene rings is 2. The molecule has 0 saturated carbocycles. The molecule has 0 bridgehead atoms. The van der Waals surface area contributed by atoms with Gasteiger partial charge in [0.05, 0.1) is 16.9 Å². The normalized spacial score (nSPS) is 12.5. The first-order valence-electron chi connectivity index (χ1n) is 8.64. The first-order chi connectivity index (χ1) is 13.9. The number of fused-ring (bicyclic) bond motifs is 1. The highest BCUT2D eigenvalue weighted by atomic mass is 32.2. The molecule has 0 aliphatic carbocycles. The Hall–Kier alpha value is -2.88. The van der Waals surface area contributed by atoms with Gasteiger partial charge in [-0.25, -0.2) is 27.5 Å². The van der Waals surface area contributed by atoms with E-state index in [4.69, 9.17) is 4.74 Å². The number of rotatable bonds is 7. The van der Waals surface area contributed by atoms with Crippen LogP contribution in [0.3, 0.4) is 0 Å². The fraction of sp³-hybridized carbons (Fsp3) is 0.263. The van der Waals surface area contributed by atoms with E-state index in [1.165, 1.54) is 24.7 Å². The lowest BCUT2D eigenvalue weighted by atomic mass is 10.1. The van der Waals surface area contributed by atoms with E-state index < -0.39 is 35.9 Å². The van der Waals surface area contributed by atoms with Crippen molar-refractivity contribution in [2.75, 3.05) is 24.9 Å². The van der Waals surface area contributed by atoms with E-state index in [0.29, 0.717) is 28.1 Å². The molecule has 1 heterocycles. The molecule has 0 spiro atoms. The van der Waals surface area contributed by atoms with Crippen LogP contribution in [0.25, 0.3) is 10.9 Å². The Bertz CT molecular complexity index is 1120. The van der Waals surface area contributed by atoms with E-state index in [2.05, 4.69) is 19.6 Å². The molecule has 0 radical (unpaired) electrons. The Morgan fingerprint density at radius 2 is 1.97 bits per heavy atom. The smallest absolute Gasteiger partial charge is 0.155 e. The van der Waals surface area contributed by atoms with Crippen molar-refractivity contribution in [2.45, 2.75) is 13.0 Å². The van der Waals surface area contributed by atoms with Gasteiger partial charge in [-0.2, -0.15) is 0 Å². The van der Waals surface area contributed by atoms with Crippen LogP contribution in [0, 0.1) is 12.7 Å². The van der Waals surface area contributed by atoms with Crippen LogP contribution in [0.2, 0.25) is 0 Å². The van der Waals surface area contributed by atoms with E-state index >= 15 is 0 Å². The zero-order chi connectivity index (χ0) is 21.0. The number of hydrogen-bond acceptors (Lipinski definition) is 6. The number of ether oxygens (including phenoxy) is 1. The molecule has 1 N–H and O–H groups in total. The highest BCUT2D eigenvalue weighted by Gasteiger charge is 2.16. The number of aromatic nitrogens is 2. The Morgan fingerprint density at radius 1 is 1.21 bits per heavy atom. The van der Waals surface area contributed by atoms with Gasteiger partial charge in [0.25, 0.3) is 0 Å². The van der Waals surface area contributed by atoms with Crippen LogP contribution in [-0.2, 0) is 10.6 Å². The maximum absolute atomic E-state index is 13.7. The molecule has 3 rings (SSSR count). The molecule has 0 saturated heterocycles. The second kappa shape index (κ2) is 9.08. The van der Waals surface area contributed by atoms with Crippen LogP contribution in [-0.4, -0.2) is 39.9 Å². The summed E-state index contributed by atoms with van der Waals surface area (Å²) in [5.41, 5.74) is 2.16. The van der Waals surface area contributed by atoms with Crippen molar-refractivity contribution >= 4 is 38.7 Å². The summed E-state index contributed by atoms with van der Waals surface area (Å²) in [5, 5.41) is 3.69. The molecule has 6 nitrogen and oxygen atoms in total. The highest BCUT2D eigenvalue weighted by molar-refractivity contribution is 7.74. The molecule has 0 aliphatic heterocycles. The monoisotopic (exact) mass is 424 g/mol. The molecule has 1 unspecified atom stereocenters. The zero-order valence-corrected chi connectivity index (χ0v) is 16.6. The number of nitrogens with one attached hydrogen (secondary N) is 1. The molecule has 0 aliphatic rings. The summed E-state index contributed by atoms with van der Waals surface area (Å²) >= 11 is 0. The van der Waals surface area contributed by atoms with Gasteiger partial charge in [-0.15, -0.1) is 0 Å². The van der Waals surface area contributed by atoms with Gasteiger partial charge < -0.3 is 10.1 Å². The van der Waals surface area contributed by atoms with E-state index in [1.54, 1.807) is 12.1 Å². The summed E-state index contributed by atoms with van der Waals surface area (Å²) in [6.07, 6.45) is 1.50. The molecule has 0 fully saturated rings. The largest absolute Gasteiger partial charge is 0.483 e. The van der Waals surface area contributed by atoms with Gasteiger partial charge >= 0.3 is 0 Å². The molecule has 3 aromatic rings. The minimum atomic E-state index is -1.71. The Balaban J connectivity index is 2.05. The molecule has 10 heteroatoms. The van der Waals surface area contributed by atoms with Crippen molar-refractivity contribution in [3.63, 3.8) is 0 Å². The van der Waals surface area contributed by atoms with Crippen LogP contribution in [0.4, 0.5) is 30.4 Å². The summed E-state index contributed by atoms with van der Waals surface area (Å²) < 4.78 is 60.1. The second-order valence-electron chi connectivity index (χ2n) is 6.26. The van der Waals surface area contributed by atoms with Gasteiger partial charge in [-0.05, 0) is 36.8 Å². The van der Waals surface area contributed by atoms with Crippen LogP contribution in [0.1, 0.15) is 5.56 Å². The van der Waals surface area contributed by atoms with E-state index in [0.717, 1.165) is 11.6 Å². The van der Waals surface area contributed by atoms with Crippen LogP contribution in [0.5, 0.6) is 5.75 Å². The van der Waals surface area contributed by atoms with E-state index in [9.17, 15) is 17.4 Å². The minimum Gasteiger partial charge on any atom is -0.483 e. The fourth-order valence-corrected chi connectivity index (χ4v) is 3.24. The van der Waals surface area contributed by atoms with Crippen LogP contribution < -0.4 is 10.1 Å². The van der Waals surface area contributed by atoms with Crippen molar-refractivity contribution in [3.8, 4) is 5.75 Å². The van der Waals surface area contributed by atoms with E-state index in [-0.39, 0.29) is 5.75 Å². The maximum Gasteiger partial charge on any atom is 0.155 e. The predicted molar refractivity (Wildman–Crippen MR) is 108 cm³/mol. The van der Waals surface area contributed by atoms with Crippen molar-refractivity contribution in [1.29, 1.82) is 0 Å².